The number of nitrogens with zero attached hydrogens (tertiary/aromatic N) is 1. The number of nitrogens with one attached hydrogen (secondary N) is 1. The highest BCUT2D eigenvalue weighted by atomic mass is 16.5. The summed E-state index contributed by atoms with van der Waals surface area (Å²) < 4.78 is 5.87. The third-order valence-electron chi connectivity index (χ3n) is 4.24. The van der Waals surface area contributed by atoms with E-state index in [1.165, 1.54) is 38.0 Å². The molecular weight excluding hydrogens is 260 g/mol. The first kappa shape index (κ1) is 16.3. The van der Waals surface area contributed by atoms with Crippen molar-refractivity contribution in [2.45, 2.75) is 46.3 Å². The fourth-order valence-corrected chi connectivity index (χ4v) is 2.94. The van der Waals surface area contributed by atoms with Gasteiger partial charge in [-0.25, -0.2) is 0 Å². The van der Waals surface area contributed by atoms with Crippen molar-refractivity contribution in [3.8, 4) is 5.75 Å². The van der Waals surface area contributed by atoms with E-state index < -0.39 is 0 Å². The molecule has 3 heteroatoms. The van der Waals surface area contributed by atoms with E-state index in [4.69, 9.17) is 4.74 Å². The van der Waals surface area contributed by atoms with E-state index in [9.17, 15) is 0 Å². The standard InChI is InChI=1S/C18H30N2O/c1-4-20-11-9-16(10-12-20)13-19-14-17-7-5-6-8-18(17)21-15(2)3/h5-8,15-16,19H,4,9-14H2,1-3H3. The van der Waals surface area contributed by atoms with Gasteiger partial charge in [-0.15, -0.1) is 0 Å². The maximum absolute atomic E-state index is 5.87. The molecule has 0 saturated carbocycles. The van der Waals surface area contributed by atoms with E-state index in [0.29, 0.717) is 0 Å². The van der Waals surface area contributed by atoms with E-state index in [0.717, 1.165) is 24.8 Å². The molecule has 1 aliphatic rings. The van der Waals surface area contributed by atoms with Gasteiger partial charge < -0.3 is 15.0 Å². The van der Waals surface area contributed by atoms with Crippen LogP contribution >= 0.6 is 0 Å². The molecule has 1 fully saturated rings. The first-order valence-corrected chi connectivity index (χ1v) is 8.36. The Balaban J connectivity index is 1.76. The molecule has 0 unspecified atom stereocenters. The van der Waals surface area contributed by atoms with Crippen LogP contribution in [-0.4, -0.2) is 37.2 Å². The fourth-order valence-electron chi connectivity index (χ4n) is 2.94. The molecule has 0 aromatic heterocycles. The topological polar surface area (TPSA) is 24.5 Å². The van der Waals surface area contributed by atoms with Gasteiger partial charge in [0, 0.05) is 12.1 Å². The van der Waals surface area contributed by atoms with Crippen LogP contribution in [0.3, 0.4) is 0 Å². The van der Waals surface area contributed by atoms with Crippen LogP contribution in [0.1, 0.15) is 39.2 Å². The molecule has 1 aliphatic heterocycles. The number of para-hydroxylation sites is 1. The van der Waals surface area contributed by atoms with Crippen molar-refractivity contribution in [3.05, 3.63) is 29.8 Å². The Labute approximate surface area is 129 Å². The molecule has 21 heavy (non-hydrogen) atoms. The number of hydrogen-bond donors (Lipinski definition) is 1. The number of likely N-dealkylation sites (tertiary alicyclic amines) is 1. The van der Waals surface area contributed by atoms with Crippen molar-refractivity contribution in [1.82, 2.24) is 10.2 Å². The van der Waals surface area contributed by atoms with Crippen molar-refractivity contribution in [2.24, 2.45) is 5.92 Å². The molecule has 118 valence electrons. The summed E-state index contributed by atoms with van der Waals surface area (Å²) in [5.74, 6) is 1.84. The summed E-state index contributed by atoms with van der Waals surface area (Å²) in [4.78, 5) is 2.54. The summed E-state index contributed by atoms with van der Waals surface area (Å²) in [5, 5.41) is 3.62. The fraction of sp³-hybridized carbons (Fsp3) is 0.667. The molecule has 1 aromatic rings. The third kappa shape index (κ3) is 5.33. The van der Waals surface area contributed by atoms with E-state index >= 15 is 0 Å². The van der Waals surface area contributed by atoms with Gasteiger partial charge >= 0.3 is 0 Å². The average Bonchev–Trinajstić information content (AvgIpc) is 2.49. The Kier molecular flexibility index (Phi) is 6.52. The smallest absolute Gasteiger partial charge is 0.124 e. The maximum Gasteiger partial charge on any atom is 0.124 e. The quantitative estimate of drug-likeness (QED) is 0.834. The van der Waals surface area contributed by atoms with Gasteiger partial charge in [0.1, 0.15) is 5.75 Å². The van der Waals surface area contributed by atoms with Crippen LogP contribution in [0.2, 0.25) is 0 Å². The number of piperidine rings is 1. The van der Waals surface area contributed by atoms with Crippen LogP contribution in [-0.2, 0) is 6.54 Å². The zero-order valence-corrected chi connectivity index (χ0v) is 13.8. The molecule has 1 saturated heterocycles. The SMILES string of the molecule is CCN1CCC(CNCc2ccccc2OC(C)C)CC1. The van der Waals surface area contributed by atoms with Crippen molar-refractivity contribution in [1.29, 1.82) is 0 Å². The van der Waals surface area contributed by atoms with Gasteiger partial charge in [0.15, 0.2) is 0 Å². The van der Waals surface area contributed by atoms with Crippen LogP contribution in [0.4, 0.5) is 0 Å². The van der Waals surface area contributed by atoms with E-state index in [-0.39, 0.29) is 6.10 Å². The predicted octanol–water partition coefficient (Wildman–Crippen LogP) is 3.30. The summed E-state index contributed by atoms with van der Waals surface area (Å²) in [6.45, 7) is 12.1. The van der Waals surface area contributed by atoms with Gasteiger partial charge in [0.25, 0.3) is 0 Å². The van der Waals surface area contributed by atoms with Gasteiger partial charge in [-0.2, -0.15) is 0 Å². The molecule has 0 radical (unpaired) electrons. The second-order valence-corrected chi connectivity index (χ2v) is 6.28. The lowest BCUT2D eigenvalue weighted by Gasteiger charge is -2.31. The van der Waals surface area contributed by atoms with Crippen LogP contribution in [0.15, 0.2) is 24.3 Å². The van der Waals surface area contributed by atoms with E-state index in [1.54, 1.807) is 0 Å². The largest absolute Gasteiger partial charge is 0.491 e. The Hall–Kier alpha value is -1.06. The lowest BCUT2D eigenvalue weighted by Crippen LogP contribution is -2.37. The van der Waals surface area contributed by atoms with Crippen LogP contribution in [0, 0.1) is 5.92 Å². The second kappa shape index (κ2) is 8.40. The molecule has 0 atom stereocenters. The molecular formula is C18H30N2O. The van der Waals surface area contributed by atoms with Gasteiger partial charge in [-0.3, -0.25) is 0 Å². The maximum atomic E-state index is 5.87. The summed E-state index contributed by atoms with van der Waals surface area (Å²) in [6, 6.07) is 8.35. The van der Waals surface area contributed by atoms with Gasteiger partial charge in [0.2, 0.25) is 0 Å². The Bertz CT molecular complexity index is 411. The normalized spacial score (nSPS) is 17.3. The molecule has 0 amide bonds. The van der Waals surface area contributed by atoms with Crippen LogP contribution in [0.25, 0.3) is 0 Å². The first-order chi connectivity index (χ1) is 10.2. The Morgan fingerprint density at radius 2 is 1.95 bits per heavy atom. The molecule has 1 aromatic carbocycles. The average molecular weight is 290 g/mol. The molecule has 0 aliphatic carbocycles. The van der Waals surface area contributed by atoms with Gasteiger partial charge in [-0.05, 0) is 64.9 Å². The van der Waals surface area contributed by atoms with Gasteiger partial charge in [0.05, 0.1) is 6.10 Å². The second-order valence-electron chi connectivity index (χ2n) is 6.28. The minimum absolute atomic E-state index is 0.226. The van der Waals surface area contributed by atoms with E-state index in [1.807, 2.05) is 6.07 Å². The minimum atomic E-state index is 0.226. The minimum Gasteiger partial charge on any atom is -0.491 e. The van der Waals surface area contributed by atoms with Crippen molar-refractivity contribution >= 4 is 0 Å². The highest BCUT2D eigenvalue weighted by Gasteiger charge is 2.17. The predicted molar refractivity (Wildman–Crippen MR) is 88.8 cm³/mol. The Morgan fingerprint density at radius 3 is 2.62 bits per heavy atom. The van der Waals surface area contributed by atoms with Crippen molar-refractivity contribution in [3.63, 3.8) is 0 Å². The lowest BCUT2D eigenvalue weighted by molar-refractivity contribution is 0.189. The molecule has 2 rings (SSSR count). The monoisotopic (exact) mass is 290 g/mol. The van der Waals surface area contributed by atoms with Crippen LogP contribution < -0.4 is 10.1 Å². The van der Waals surface area contributed by atoms with E-state index in [2.05, 4.69) is 49.2 Å². The Morgan fingerprint density at radius 1 is 1.24 bits per heavy atom. The molecule has 1 N–H and O–H groups in total. The number of hydrogen-bond acceptors (Lipinski definition) is 3. The summed E-state index contributed by atoms with van der Waals surface area (Å²) in [7, 11) is 0. The van der Waals surface area contributed by atoms with Crippen LogP contribution in [0.5, 0.6) is 5.75 Å². The highest BCUT2D eigenvalue weighted by Crippen LogP contribution is 2.20. The van der Waals surface area contributed by atoms with Crippen molar-refractivity contribution in [2.75, 3.05) is 26.2 Å². The molecule has 0 bridgehead atoms. The highest BCUT2D eigenvalue weighted by molar-refractivity contribution is 5.33. The molecule has 0 spiro atoms. The molecule has 1 heterocycles. The van der Waals surface area contributed by atoms with Gasteiger partial charge in [-0.1, -0.05) is 25.1 Å². The number of ether oxygens (including phenoxy) is 1. The molecule has 3 nitrogen and oxygen atoms in total. The zero-order valence-electron chi connectivity index (χ0n) is 13.8. The number of benzene rings is 1. The number of rotatable bonds is 7. The lowest BCUT2D eigenvalue weighted by atomic mass is 9.97. The third-order valence-corrected chi connectivity index (χ3v) is 4.24. The summed E-state index contributed by atoms with van der Waals surface area (Å²) >= 11 is 0. The zero-order chi connectivity index (χ0) is 15.1. The summed E-state index contributed by atoms with van der Waals surface area (Å²) in [6.07, 6.45) is 2.88. The van der Waals surface area contributed by atoms with Crippen molar-refractivity contribution < 1.29 is 4.74 Å². The first-order valence-electron chi connectivity index (χ1n) is 8.36. The summed E-state index contributed by atoms with van der Waals surface area (Å²) in [5.41, 5.74) is 1.26.